The molecule has 0 unspecified atom stereocenters. The van der Waals surface area contributed by atoms with E-state index in [1.54, 1.807) is 18.2 Å². The quantitative estimate of drug-likeness (QED) is 0.783. The molecular weight excluding hydrogens is 190 g/mol. The third-order valence-corrected chi connectivity index (χ3v) is 2.04. The molecule has 0 fully saturated rings. The van der Waals surface area contributed by atoms with E-state index in [0.29, 0.717) is 0 Å². The van der Waals surface area contributed by atoms with Gasteiger partial charge >= 0.3 is 5.92 Å². The van der Waals surface area contributed by atoms with E-state index in [1.165, 1.54) is 12.1 Å². The van der Waals surface area contributed by atoms with Gasteiger partial charge in [-0.3, -0.25) is 0 Å². The Hall–Kier alpha value is -1.00. The van der Waals surface area contributed by atoms with Gasteiger partial charge < -0.3 is 10.2 Å². The van der Waals surface area contributed by atoms with Crippen molar-refractivity contribution in [2.75, 3.05) is 0 Å². The van der Waals surface area contributed by atoms with Crippen LogP contribution in [0.15, 0.2) is 30.3 Å². The normalized spacial score (nSPS) is 16.4. The molecule has 4 heteroatoms. The predicted molar refractivity (Wildman–Crippen MR) is 48.0 cm³/mol. The van der Waals surface area contributed by atoms with Crippen molar-refractivity contribution in [3.8, 4) is 0 Å². The van der Waals surface area contributed by atoms with E-state index < -0.39 is 18.1 Å². The summed E-state index contributed by atoms with van der Waals surface area (Å²) < 4.78 is 26.3. The van der Waals surface area contributed by atoms with Crippen LogP contribution in [-0.4, -0.2) is 22.2 Å². The molecule has 2 N–H and O–H groups in total. The van der Waals surface area contributed by atoms with Crippen LogP contribution < -0.4 is 0 Å². The molecule has 1 aromatic carbocycles. The highest BCUT2D eigenvalue weighted by molar-refractivity contribution is 5.19. The topological polar surface area (TPSA) is 40.5 Å². The molecule has 0 aliphatic rings. The van der Waals surface area contributed by atoms with Gasteiger partial charge in [-0.15, -0.1) is 0 Å². The molecule has 0 radical (unpaired) electrons. The molecule has 0 saturated carbocycles. The molecule has 0 heterocycles. The summed E-state index contributed by atoms with van der Waals surface area (Å²) in [6.07, 6.45) is -3.85. The fraction of sp³-hybridized carbons (Fsp3) is 0.400. The second-order valence-corrected chi connectivity index (χ2v) is 3.16. The van der Waals surface area contributed by atoms with Crippen LogP contribution in [0.25, 0.3) is 0 Å². The Labute approximate surface area is 80.8 Å². The summed E-state index contributed by atoms with van der Waals surface area (Å²) in [6, 6.07) is 7.55. The van der Waals surface area contributed by atoms with Crippen LogP contribution in [-0.2, 0) is 0 Å². The van der Waals surface area contributed by atoms with Gasteiger partial charge in [-0.05, 0) is 12.5 Å². The summed E-state index contributed by atoms with van der Waals surface area (Å²) >= 11 is 0. The van der Waals surface area contributed by atoms with Gasteiger partial charge in [0.25, 0.3) is 0 Å². The third kappa shape index (κ3) is 2.08. The van der Waals surface area contributed by atoms with Gasteiger partial charge in [0.05, 0.1) is 0 Å². The van der Waals surface area contributed by atoms with Crippen LogP contribution in [0.5, 0.6) is 0 Å². The number of hydrogen-bond donors (Lipinski definition) is 2. The van der Waals surface area contributed by atoms with Gasteiger partial charge in [-0.2, -0.15) is 0 Å². The van der Waals surface area contributed by atoms with Crippen molar-refractivity contribution in [2.24, 2.45) is 0 Å². The first-order valence-corrected chi connectivity index (χ1v) is 4.25. The molecule has 2 atom stereocenters. The highest BCUT2D eigenvalue weighted by Crippen LogP contribution is 2.33. The average Bonchev–Trinajstić information content (AvgIpc) is 2.17. The number of hydrogen-bond acceptors (Lipinski definition) is 2. The van der Waals surface area contributed by atoms with Crippen LogP contribution in [0.1, 0.15) is 18.6 Å². The lowest BCUT2D eigenvalue weighted by Crippen LogP contribution is -2.37. The predicted octanol–water partition coefficient (Wildman–Crippen LogP) is 1.74. The number of aliphatic hydroxyl groups excluding tert-OH is 2. The minimum Gasteiger partial charge on any atom is -0.387 e. The number of rotatable bonds is 3. The lowest BCUT2D eigenvalue weighted by Gasteiger charge is -2.25. The smallest absolute Gasteiger partial charge is 0.302 e. The molecule has 0 spiro atoms. The fourth-order valence-electron chi connectivity index (χ4n) is 1.09. The number of alkyl halides is 2. The molecular formula is C10H12F2O2. The zero-order chi connectivity index (χ0) is 10.8. The van der Waals surface area contributed by atoms with Gasteiger partial charge in [-0.25, -0.2) is 8.78 Å². The van der Waals surface area contributed by atoms with Crippen molar-refractivity contribution in [3.05, 3.63) is 35.9 Å². The van der Waals surface area contributed by atoms with Crippen molar-refractivity contribution < 1.29 is 19.0 Å². The lowest BCUT2D eigenvalue weighted by atomic mass is 10.0. The van der Waals surface area contributed by atoms with E-state index >= 15 is 0 Å². The van der Waals surface area contributed by atoms with Gasteiger partial charge in [0.15, 0.2) is 0 Å². The first-order chi connectivity index (χ1) is 6.46. The molecule has 1 aromatic rings. The molecule has 0 aromatic heterocycles. The van der Waals surface area contributed by atoms with Gasteiger partial charge in [0, 0.05) is 0 Å². The first kappa shape index (κ1) is 11.1. The molecule has 0 amide bonds. The van der Waals surface area contributed by atoms with Crippen molar-refractivity contribution in [2.45, 2.75) is 25.1 Å². The highest BCUT2D eigenvalue weighted by atomic mass is 19.3. The summed E-state index contributed by atoms with van der Waals surface area (Å²) in [5.41, 5.74) is 0.0957. The zero-order valence-corrected chi connectivity index (χ0v) is 7.69. The molecule has 0 saturated heterocycles. The Morgan fingerprint density at radius 2 is 1.64 bits per heavy atom. The molecule has 0 aliphatic carbocycles. The molecule has 78 valence electrons. The Morgan fingerprint density at radius 1 is 1.14 bits per heavy atom. The third-order valence-electron chi connectivity index (χ3n) is 2.04. The van der Waals surface area contributed by atoms with Crippen molar-refractivity contribution >= 4 is 0 Å². The van der Waals surface area contributed by atoms with Crippen LogP contribution in [0.3, 0.4) is 0 Å². The zero-order valence-electron chi connectivity index (χ0n) is 7.69. The van der Waals surface area contributed by atoms with E-state index in [0.717, 1.165) is 6.92 Å². The van der Waals surface area contributed by atoms with E-state index in [9.17, 15) is 13.9 Å². The van der Waals surface area contributed by atoms with Gasteiger partial charge in [0.1, 0.15) is 12.2 Å². The fourth-order valence-corrected chi connectivity index (χ4v) is 1.09. The standard InChI is InChI=1S/C10H12F2O2/c1-7(13)10(11,12)9(14)8-5-3-2-4-6-8/h2-7,9,13-14H,1H3/t7-,9+/m1/s1. The van der Waals surface area contributed by atoms with Crippen molar-refractivity contribution in [3.63, 3.8) is 0 Å². The first-order valence-electron chi connectivity index (χ1n) is 4.25. The summed E-state index contributed by atoms with van der Waals surface area (Å²) in [7, 11) is 0. The average molecular weight is 202 g/mol. The van der Waals surface area contributed by atoms with Crippen LogP contribution in [0.2, 0.25) is 0 Å². The molecule has 0 bridgehead atoms. The Bertz CT molecular complexity index is 285. The summed E-state index contributed by atoms with van der Waals surface area (Å²) in [6.45, 7) is 0.951. The minimum atomic E-state index is -3.53. The number of benzene rings is 1. The van der Waals surface area contributed by atoms with E-state index in [4.69, 9.17) is 5.11 Å². The van der Waals surface area contributed by atoms with E-state index in [1.807, 2.05) is 0 Å². The monoisotopic (exact) mass is 202 g/mol. The summed E-state index contributed by atoms with van der Waals surface area (Å²) in [5.74, 6) is -3.53. The lowest BCUT2D eigenvalue weighted by molar-refractivity contribution is -0.173. The number of aliphatic hydroxyl groups is 2. The summed E-state index contributed by atoms with van der Waals surface area (Å²) in [4.78, 5) is 0. The maximum Gasteiger partial charge on any atom is 0.302 e. The van der Waals surface area contributed by atoms with Crippen LogP contribution >= 0.6 is 0 Å². The highest BCUT2D eigenvalue weighted by Gasteiger charge is 2.44. The molecule has 0 aliphatic heterocycles. The maximum absolute atomic E-state index is 13.1. The molecule has 2 nitrogen and oxygen atoms in total. The largest absolute Gasteiger partial charge is 0.387 e. The van der Waals surface area contributed by atoms with Crippen LogP contribution in [0, 0.1) is 0 Å². The SMILES string of the molecule is C[C@@H](O)C(F)(F)[C@@H](O)c1ccccc1. The Kier molecular flexibility index (Phi) is 3.18. The van der Waals surface area contributed by atoms with E-state index in [2.05, 4.69) is 0 Å². The Balaban J connectivity index is 2.90. The number of halogens is 2. The second-order valence-electron chi connectivity index (χ2n) is 3.16. The van der Waals surface area contributed by atoms with Crippen molar-refractivity contribution in [1.82, 2.24) is 0 Å². The van der Waals surface area contributed by atoms with Gasteiger partial charge in [-0.1, -0.05) is 30.3 Å². The van der Waals surface area contributed by atoms with E-state index in [-0.39, 0.29) is 5.56 Å². The minimum absolute atomic E-state index is 0.0957. The second kappa shape index (κ2) is 4.02. The maximum atomic E-state index is 13.1. The van der Waals surface area contributed by atoms with Gasteiger partial charge in [0.2, 0.25) is 0 Å². The van der Waals surface area contributed by atoms with Crippen molar-refractivity contribution in [1.29, 1.82) is 0 Å². The van der Waals surface area contributed by atoms with Crippen LogP contribution in [0.4, 0.5) is 8.78 Å². The molecule has 14 heavy (non-hydrogen) atoms. The molecule has 1 rings (SSSR count). The summed E-state index contributed by atoms with van der Waals surface area (Å²) in [5, 5.41) is 18.1. The Morgan fingerprint density at radius 3 is 2.07 bits per heavy atom.